The summed E-state index contributed by atoms with van der Waals surface area (Å²) in [6, 6.07) is 3.32. The summed E-state index contributed by atoms with van der Waals surface area (Å²) in [6.45, 7) is 0. The Balaban J connectivity index is 1.78. The van der Waals surface area contributed by atoms with E-state index >= 15 is 0 Å². The van der Waals surface area contributed by atoms with E-state index in [0.29, 0.717) is 21.4 Å². The lowest BCUT2D eigenvalue weighted by Crippen LogP contribution is -2.05. The van der Waals surface area contributed by atoms with Crippen LogP contribution >= 0.6 is 23.4 Å². The van der Waals surface area contributed by atoms with E-state index in [9.17, 15) is 9.59 Å². The maximum atomic E-state index is 12.3. The lowest BCUT2D eigenvalue weighted by Gasteiger charge is -2.06. The molecule has 1 aliphatic rings. The van der Waals surface area contributed by atoms with Crippen molar-refractivity contribution in [2.24, 2.45) is 7.05 Å². The molecule has 0 spiro atoms. The molecule has 6 nitrogen and oxygen atoms in total. The van der Waals surface area contributed by atoms with Gasteiger partial charge in [-0.1, -0.05) is 23.4 Å². The largest absolute Gasteiger partial charge is 0.325 e. The summed E-state index contributed by atoms with van der Waals surface area (Å²) in [4.78, 5) is 23.6. The van der Waals surface area contributed by atoms with Gasteiger partial charge in [0.2, 0.25) is 5.91 Å². The van der Waals surface area contributed by atoms with Gasteiger partial charge < -0.3 is 9.88 Å². The highest BCUT2D eigenvalue weighted by atomic mass is 35.5. The predicted octanol–water partition coefficient (Wildman–Crippen LogP) is 1.94. The third-order valence-corrected chi connectivity index (χ3v) is 4.47. The predicted molar refractivity (Wildman–Crippen MR) is 79.8 cm³/mol. The van der Waals surface area contributed by atoms with Gasteiger partial charge in [-0.15, -0.1) is 10.2 Å². The zero-order chi connectivity index (χ0) is 15.0. The number of rotatable bonds is 4. The van der Waals surface area contributed by atoms with Crippen LogP contribution in [-0.2, 0) is 18.3 Å². The quantitative estimate of drug-likeness (QED) is 0.687. The standard InChI is InChI=1S/C13H11ClN4O2S/c1-18-6-15-17-13(18)21-5-11(19)8-2-7-3-12(20)16-10(7)4-9(8)14/h2,4,6H,3,5H2,1H3,(H,16,20). The van der Waals surface area contributed by atoms with Crippen molar-refractivity contribution < 1.29 is 9.59 Å². The van der Waals surface area contributed by atoms with Crippen LogP contribution in [0.2, 0.25) is 5.02 Å². The molecule has 1 aliphatic heterocycles. The van der Waals surface area contributed by atoms with Crippen molar-refractivity contribution in [3.8, 4) is 0 Å². The number of fused-ring (bicyclic) bond motifs is 1. The Hall–Kier alpha value is -1.86. The van der Waals surface area contributed by atoms with Crippen LogP contribution in [0.25, 0.3) is 0 Å². The number of benzene rings is 1. The molecule has 1 N–H and O–H groups in total. The summed E-state index contributed by atoms with van der Waals surface area (Å²) < 4.78 is 1.74. The van der Waals surface area contributed by atoms with Gasteiger partial charge in [0.15, 0.2) is 10.9 Å². The number of thioether (sulfide) groups is 1. The fourth-order valence-electron chi connectivity index (χ4n) is 2.07. The molecule has 0 saturated heterocycles. The van der Waals surface area contributed by atoms with Gasteiger partial charge in [-0.3, -0.25) is 9.59 Å². The smallest absolute Gasteiger partial charge is 0.228 e. The van der Waals surface area contributed by atoms with Crippen LogP contribution in [-0.4, -0.2) is 32.2 Å². The average molecular weight is 323 g/mol. The second-order valence-corrected chi connectivity index (χ2v) is 6.00. The molecule has 21 heavy (non-hydrogen) atoms. The number of hydrogen-bond acceptors (Lipinski definition) is 5. The molecule has 2 heterocycles. The highest BCUT2D eigenvalue weighted by molar-refractivity contribution is 7.99. The maximum absolute atomic E-state index is 12.3. The number of aryl methyl sites for hydroxylation is 1. The third-order valence-electron chi connectivity index (χ3n) is 3.12. The molecule has 108 valence electrons. The summed E-state index contributed by atoms with van der Waals surface area (Å²) in [5, 5.41) is 11.4. The van der Waals surface area contributed by atoms with Crippen LogP contribution in [0.5, 0.6) is 0 Å². The second kappa shape index (κ2) is 5.50. The van der Waals surface area contributed by atoms with Crippen molar-refractivity contribution >= 4 is 40.7 Å². The Bertz CT molecular complexity index is 744. The van der Waals surface area contributed by atoms with E-state index in [4.69, 9.17) is 11.6 Å². The molecule has 2 aromatic rings. The fourth-order valence-corrected chi connectivity index (χ4v) is 3.11. The molecule has 0 aliphatic carbocycles. The number of aromatic nitrogens is 3. The lowest BCUT2D eigenvalue weighted by atomic mass is 10.1. The number of anilines is 1. The number of carbonyl (C=O) groups excluding carboxylic acids is 2. The first kappa shape index (κ1) is 14.1. The normalized spacial score (nSPS) is 13.1. The molecule has 0 saturated carbocycles. The van der Waals surface area contributed by atoms with Crippen molar-refractivity contribution in [3.05, 3.63) is 34.6 Å². The minimum absolute atomic E-state index is 0.0841. The number of hydrogen-bond donors (Lipinski definition) is 1. The first-order chi connectivity index (χ1) is 10.0. The maximum Gasteiger partial charge on any atom is 0.228 e. The van der Waals surface area contributed by atoms with Crippen LogP contribution in [0.15, 0.2) is 23.6 Å². The number of Topliss-reactive ketones (excluding diaryl/α,β-unsaturated/α-hetero) is 1. The molecule has 0 atom stereocenters. The molecule has 8 heteroatoms. The van der Waals surface area contributed by atoms with Crippen molar-refractivity contribution in [1.82, 2.24) is 14.8 Å². The third kappa shape index (κ3) is 2.79. The van der Waals surface area contributed by atoms with E-state index in [0.717, 1.165) is 5.56 Å². The molecule has 1 amide bonds. The number of ketones is 1. The van der Waals surface area contributed by atoms with Crippen molar-refractivity contribution in [2.75, 3.05) is 11.1 Å². The molecule has 0 radical (unpaired) electrons. The summed E-state index contributed by atoms with van der Waals surface area (Å²) >= 11 is 7.43. The first-order valence-electron chi connectivity index (χ1n) is 6.17. The highest BCUT2D eigenvalue weighted by Gasteiger charge is 2.22. The minimum Gasteiger partial charge on any atom is -0.325 e. The van der Waals surface area contributed by atoms with Crippen LogP contribution in [0, 0.1) is 0 Å². The van der Waals surface area contributed by atoms with Crippen LogP contribution in [0.4, 0.5) is 5.69 Å². The molecular formula is C13H11ClN4O2S. The van der Waals surface area contributed by atoms with Gasteiger partial charge in [0.1, 0.15) is 6.33 Å². The van der Waals surface area contributed by atoms with Gasteiger partial charge in [0.25, 0.3) is 0 Å². The van der Waals surface area contributed by atoms with Crippen LogP contribution in [0.1, 0.15) is 15.9 Å². The Labute approximate surface area is 129 Å². The zero-order valence-corrected chi connectivity index (χ0v) is 12.7. The number of nitrogens with zero attached hydrogens (tertiary/aromatic N) is 3. The number of nitrogens with one attached hydrogen (secondary N) is 1. The lowest BCUT2D eigenvalue weighted by molar-refractivity contribution is -0.115. The van der Waals surface area contributed by atoms with Gasteiger partial charge in [0, 0.05) is 18.3 Å². The second-order valence-electron chi connectivity index (χ2n) is 4.65. The molecule has 0 unspecified atom stereocenters. The number of halogens is 1. The molecular weight excluding hydrogens is 312 g/mol. The van der Waals surface area contributed by atoms with Gasteiger partial charge in [-0.25, -0.2) is 0 Å². The molecule has 1 aromatic carbocycles. The zero-order valence-electron chi connectivity index (χ0n) is 11.1. The van der Waals surface area contributed by atoms with Gasteiger partial charge in [-0.2, -0.15) is 0 Å². The first-order valence-corrected chi connectivity index (χ1v) is 7.53. The summed E-state index contributed by atoms with van der Waals surface area (Å²) in [7, 11) is 1.81. The van der Waals surface area contributed by atoms with Gasteiger partial charge >= 0.3 is 0 Å². The van der Waals surface area contributed by atoms with E-state index in [-0.39, 0.29) is 23.9 Å². The monoisotopic (exact) mass is 322 g/mol. The van der Waals surface area contributed by atoms with Crippen molar-refractivity contribution in [3.63, 3.8) is 0 Å². The van der Waals surface area contributed by atoms with Crippen LogP contribution in [0.3, 0.4) is 0 Å². The fraction of sp³-hybridized carbons (Fsp3) is 0.231. The topological polar surface area (TPSA) is 76.9 Å². The SMILES string of the molecule is Cn1cnnc1SCC(=O)c1cc2c(cc1Cl)NC(=O)C2. The highest BCUT2D eigenvalue weighted by Crippen LogP contribution is 2.30. The molecule has 3 rings (SSSR count). The van der Waals surface area contributed by atoms with Gasteiger partial charge in [0.05, 0.1) is 17.2 Å². The van der Waals surface area contributed by atoms with Gasteiger partial charge in [-0.05, 0) is 17.7 Å². The van der Waals surface area contributed by atoms with E-state index in [2.05, 4.69) is 15.5 Å². The van der Waals surface area contributed by atoms with Crippen molar-refractivity contribution in [1.29, 1.82) is 0 Å². The Morgan fingerprint density at radius 2 is 2.33 bits per heavy atom. The summed E-state index contributed by atoms with van der Waals surface area (Å²) in [6.07, 6.45) is 1.86. The Kier molecular flexibility index (Phi) is 3.69. The van der Waals surface area contributed by atoms with Crippen molar-refractivity contribution in [2.45, 2.75) is 11.6 Å². The van der Waals surface area contributed by atoms with E-state index in [1.807, 2.05) is 7.05 Å². The molecule has 0 fully saturated rings. The summed E-state index contributed by atoms with van der Waals surface area (Å²) in [5.41, 5.74) is 1.92. The summed E-state index contributed by atoms with van der Waals surface area (Å²) in [5.74, 6) is 0.0288. The Morgan fingerprint density at radius 1 is 1.52 bits per heavy atom. The van der Waals surface area contributed by atoms with Crippen LogP contribution < -0.4 is 5.32 Å². The minimum atomic E-state index is -0.102. The van der Waals surface area contributed by atoms with E-state index < -0.39 is 0 Å². The Morgan fingerprint density at radius 3 is 3.05 bits per heavy atom. The molecule has 1 aromatic heterocycles. The average Bonchev–Trinajstić information content (AvgIpc) is 2.99. The number of carbonyl (C=O) groups is 2. The van der Waals surface area contributed by atoms with E-state index in [1.165, 1.54) is 11.8 Å². The van der Waals surface area contributed by atoms with E-state index in [1.54, 1.807) is 23.0 Å². The number of amides is 1. The molecule has 0 bridgehead atoms.